The predicted octanol–water partition coefficient (Wildman–Crippen LogP) is 4.02. The normalized spacial score (nSPS) is 13.7. The monoisotopic (exact) mass is 458 g/mol. The summed E-state index contributed by atoms with van der Waals surface area (Å²) in [5, 5.41) is 10.8. The molecule has 0 unspecified atom stereocenters. The zero-order valence-corrected chi connectivity index (χ0v) is 20.1. The van der Waals surface area contributed by atoms with Crippen molar-refractivity contribution in [3.8, 4) is 34.6 Å². The number of hydrogen-bond acceptors (Lipinski definition) is 9. The van der Waals surface area contributed by atoms with E-state index >= 15 is 0 Å². The summed E-state index contributed by atoms with van der Waals surface area (Å²) < 4.78 is 22.0. The molecule has 0 bridgehead atoms. The average molecular weight is 459 g/mol. The van der Waals surface area contributed by atoms with Crippen LogP contribution in [-0.2, 0) is 4.74 Å². The SMILES string of the molecule is COc1cc(-c2nc(SCCC(C)C)nc(N3CCOCC3)c2C#N)cc(OC)c1OC. The van der Waals surface area contributed by atoms with Gasteiger partial charge in [-0.15, -0.1) is 0 Å². The molecule has 0 aliphatic carbocycles. The lowest BCUT2D eigenvalue weighted by molar-refractivity contribution is 0.122. The highest BCUT2D eigenvalue weighted by molar-refractivity contribution is 7.99. The highest BCUT2D eigenvalue weighted by atomic mass is 32.2. The van der Waals surface area contributed by atoms with Crippen LogP contribution in [0, 0.1) is 17.2 Å². The molecule has 1 fully saturated rings. The van der Waals surface area contributed by atoms with Crippen LogP contribution < -0.4 is 19.1 Å². The lowest BCUT2D eigenvalue weighted by atomic mass is 10.0. The van der Waals surface area contributed by atoms with Gasteiger partial charge in [-0.05, 0) is 24.5 Å². The van der Waals surface area contributed by atoms with E-state index in [2.05, 4.69) is 24.8 Å². The topological polar surface area (TPSA) is 89.7 Å². The zero-order chi connectivity index (χ0) is 23.1. The number of methoxy groups -OCH3 is 3. The van der Waals surface area contributed by atoms with Crippen molar-refractivity contribution in [1.82, 2.24) is 9.97 Å². The average Bonchev–Trinajstić information content (AvgIpc) is 2.82. The van der Waals surface area contributed by atoms with Gasteiger partial charge in [0.1, 0.15) is 11.6 Å². The maximum atomic E-state index is 10.1. The number of morpholine rings is 1. The van der Waals surface area contributed by atoms with E-state index < -0.39 is 0 Å². The molecule has 3 rings (SSSR count). The second-order valence-corrected chi connectivity index (χ2v) is 8.77. The quantitative estimate of drug-likeness (QED) is 0.408. The van der Waals surface area contributed by atoms with Crippen molar-refractivity contribution in [2.75, 3.05) is 58.3 Å². The molecule has 1 aliphatic rings. The third kappa shape index (κ3) is 5.37. The molecule has 1 aromatic heterocycles. The smallest absolute Gasteiger partial charge is 0.203 e. The first kappa shape index (κ1) is 24.0. The third-order valence-electron chi connectivity index (χ3n) is 5.16. The van der Waals surface area contributed by atoms with Crippen LogP contribution in [0.3, 0.4) is 0 Å². The minimum atomic E-state index is 0.425. The van der Waals surface area contributed by atoms with Gasteiger partial charge in [-0.3, -0.25) is 0 Å². The van der Waals surface area contributed by atoms with E-state index in [1.54, 1.807) is 33.1 Å². The van der Waals surface area contributed by atoms with Gasteiger partial charge in [0.15, 0.2) is 22.5 Å². The van der Waals surface area contributed by atoms with E-state index in [0.717, 1.165) is 12.2 Å². The molecule has 2 heterocycles. The van der Waals surface area contributed by atoms with Crippen molar-refractivity contribution in [2.24, 2.45) is 5.92 Å². The summed E-state index contributed by atoms with van der Waals surface area (Å²) in [7, 11) is 4.70. The standard InChI is InChI=1S/C23H30N4O4S/c1-15(2)6-11-32-23-25-20(16-12-18(28-3)21(30-5)19(13-16)29-4)17(14-24)22(26-23)27-7-9-31-10-8-27/h12-13,15H,6-11H2,1-5H3. The van der Waals surface area contributed by atoms with Crippen molar-refractivity contribution in [1.29, 1.82) is 5.26 Å². The van der Waals surface area contributed by atoms with Gasteiger partial charge >= 0.3 is 0 Å². The fourth-order valence-electron chi connectivity index (χ4n) is 3.41. The largest absolute Gasteiger partial charge is 0.493 e. The Hall–Kier alpha value is -2.70. The Balaban J connectivity index is 2.15. The first-order valence-electron chi connectivity index (χ1n) is 10.6. The van der Waals surface area contributed by atoms with Crippen molar-refractivity contribution in [3.05, 3.63) is 17.7 Å². The molecule has 0 radical (unpaired) electrons. The number of hydrogen-bond donors (Lipinski definition) is 0. The van der Waals surface area contributed by atoms with Gasteiger partial charge in [-0.2, -0.15) is 5.26 Å². The molecule has 2 aromatic rings. The first-order valence-corrected chi connectivity index (χ1v) is 11.6. The summed E-state index contributed by atoms with van der Waals surface area (Å²) in [6.45, 7) is 6.95. The Morgan fingerprint density at radius 2 is 1.75 bits per heavy atom. The Labute approximate surface area is 193 Å². The van der Waals surface area contributed by atoms with E-state index in [4.69, 9.17) is 28.9 Å². The van der Waals surface area contributed by atoms with Crippen molar-refractivity contribution < 1.29 is 18.9 Å². The number of nitrogens with zero attached hydrogens (tertiary/aromatic N) is 4. The molecule has 0 amide bonds. The second-order valence-electron chi connectivity index (χ2n) is 7.71. The lowest BCUT2D eigenvalue weighted by Crippen LogP contribution is -2.37. The van der Waals surface area contributed by atoms with E-state index in [0.29, 0.717) is 77.3 Å². The molecule has 9 heteroatoms. The molecule has 0 spiro atoms. The molecular formula is C23H30N4O4S. The van der Waals surface area contributed by atoms with Crippen LogP contribution in [0.4, 0.5) is 5.82 Å². The molecule has 8 nitrogen and oxygen atoms in total. The fourth-order valence-corrected chi connectivity index (χ4v) is 4.49. The van der Waals surface area contributed by atoms with Crippen LogP contribution in [0.5, 0.6) is 17.2 Å². The molecule has 1 aliphatic heterocycles. The maximum Gasteiger partial charge on any atom is 0.203 e. The minimum Gasteiger partial charge on any atom is -0.493 e. The van der Waals surface area contributed by atoms with E-state index in [1.807, 2.05) is 12.1 Å². The van der Waals surface area contributed by atoms with Crippen LogP contribution in [0.1, 0.15) is 25.8 Å². The number of anilines is 1. The molecule has 172 valence electrons. The summed E-state index contributed by atoms with van der Waals surface area (Å²) >= 11 is 1.61. The molecular weight excluding hydrogens is 428 g/mol. The van der Waals surface area contributed by atoms with Gasteiger partial charge in [-0.25, -0.2) is 9.97 Å². The van der Waals surface area contributed by atoms with Crippen LogP contribution >= 0.6 is 11.8 Å². The predicted molar refractivity (Wildman–Crippen MR) is 125 cm³/mol. The Morgan fingerprint density at radius 1 is 1.09 bits per heavy atom. The number of aromatic nitrogens is 2. The van der Waals surface area contributed by atoms with Gasteiger partial charge in [0, 0.05) is 24.4 Å². The fraction of sp³-hybridized carbons (Fsp3) is 0.522. The third-order valence-corrected chi connectivity index (χ3v) is 6.04. The van der Waals surface area contributed by atoms with E-state index in [-0.39, 0.29) is 0 Å². The van der Waals surface area contributed by atoms with Crippen molar-refractivity contribution >= 4 is 17.6 Å². The lowest BCUT2D eigenvalue weighted by Gasteiger charge is -2.29. The Morgan fingerprint density at radius 3 is 2.28 bits per heavy atom. The number of ether oxygens (including phenoxy) is 4. The molecule has 1 aromatic carbocycles. The Kier molecular flexibility index (Phi) is 8.42. The highest BCUT2D eigenvalue weighted by Crippen LogP contribution is 2.42. The van der Waals surface area contributed by atoms with Crippen LogP contribution in [-0.4, -0.2) is 63.4 Å². The van der Waals surface area contributed by atoms with E-state index in [1.165, 1.54) is 0 Å². The van der Waals surface area contributed by atoms with Gasteiger partial charge in [0.2, 0.25) is 5.75 Å². The van der Waals surface area contributed by atoms with Gasteiger partial charge < -0.3 is 23.8 Å². The summed E-state index contributed by atoms with van der Waals surface area (Å²) in [5.74, 6) is 3.64. The number of benzene rings is 1. The highest BCUT2D eigenvalue weighted by Gasteiger charge is 2.24. The summed E-state index contributed by atoms with van der Waals surface area (Å²) in [4.78, 5) is 11.7. The molecule has 1 saturated heterocycles. The molecule has 0 saturated carbocycles. The summed E-state index contributed by atoms with van der Waals surface area (Å²) in [5.41, 5.74) is 1.68. The first-order chi connectivity index (χ1) is 15.5. The van der Waals surface area contributed by atoms with Crippen molar-refractivity contribution in [2.45, 2.75) is 25.4 Å². The van der Waals surface area contributed by atoms with Gasteiger partial charge in [0.25, 0.3) is 0 Å². The van der Waals surface area contributed by atoms with Crippen LogP contribution in [0.15, 0.2) is 17.3 Å². The molecule has 0 N–H and O–H groups in total. The molecule has 32 heavy (non-hydrogen) atoms. The summed E-state index contributed by atoms with van der Waals surface area (Å²) in [6, 6.07) is 5.97. The maximum absolute atomic E-state index is 10.1. The van der Waals surface area contributed by atoms with E-state index in [9.17, 15) is 5.26 Å². The number of thioether (sulfide) groups is 1. The molecule has 0 atom stereocenters. The number of nitriles is 1. The Bertz CT molecular complexity index is 946. The van der Waals surface area contributed by atoms with Gasteiger partial charge in [0.05, 0.1) is 40.2 Å². The second kappa shape index (κ2) is 11.2. The zero-order valence-electron chi connectivity index (χ0n) is 19.3. The number of rotatable bonds is 9. The summed E-state index contributed by atoms with van der Waals surface area (Å²) in [6.07, 6.45) is 1.06. The van der Waals surface area contributed by atoms with Gasteiger partial charge in [-0.1, -0.05) is 25.6 Å². The van der Waals surface area contributed by atoms with Crippen LogP contribution in [0.25, 0.3) is 11.3 Å². The van der Waals surface area contributed by atoms with Crippen molar-refractivity contribution in [3.63, 3.8) is 0 Å². The minimum absolute atomic E-state index is 0.425. The van der Waals surface area contributed by atoms with Crippen LogP contribution in [0.2, 0.25) is 0 Å².